The Morgan fingerprint density at radius 1 is 0.823 bits per heavy atom. The van der Waals surface area contributed by atoms with Crippen molar-refractivity contribution in [2.24, 2.45) is 10.8 Å². The summed E-state index contributed by atoms with van der Waals surface area (Å²) in [5.74, 6) is 2.57. The van der Waals surface area contributed by atoms with Gasteiger partial charge in [-0.1, -0.05) is 24.0 Å². The molecular weight excluding hydrogens is 1060 g/mol. The van der Waals surface area contributed by atoms with Gasteiger partial charge in [0.2, 0.25) is 5.95 Å². The first-order valence-corrected chi connectivity index (χ1v) is 25.0. The number of methoxy groups -OCH3 is 2. The molecule has 2 aromatic heterocycles. The van der Waals surface area contributed by atoms with Crippen molar-refractivity contribution in [2.45, 2.75) is 109 Å². The largest absolute Gasteiger partial charge is 0.453 e. The molecule has 2 bridgehead atoms. The van der Waals surface area contributed by atoms with Crippen LogP contribution in [-0.4, -0.2) is 150 Å². The second kappa shape index (κ2) is 24.7. The van der Waals surface area contributed by atoms with Crippen LogP contribution in [0, 0.1) is 40.7 Å². The minimum absolute atomic E-state index is 0.0527. The summed E-state index contributed by atoms with van der Waals surface area (Å²) < 4.78 is 160. The zero-order valence-corrected chi connectivity index (χ0v) is 43.8. The van der Waals surface area contributed by atoms with E-state index in [0.717, 1.165) is 96.6 Å². The standard InChI is InChI=1S/C52H60F10N11O6/c1-49(2,51(57,58)59)42(66-47(75)77-5)24-63-34(19-31-10-7-30(8-11-31)9-12-32-22-64-46(65-23-32)70-25-35-13-14-36(26-70)73(35)37-28-79-29-37)15-17-71(69-44(74)43(67-48(76)78-6)50(3,4)52(60,61)62)27-38-39(53)20-33(21-40(38)54)41-16-18-72(68-41)45(55)56/h7-8,10-11,15-16,18,20-23,34-37,42-43,45,63H,13-14,17,19,24-29H2,1-6H3,(H,66,75)(H,67,76)(H,69,74)/t34-,35?,36?,42+,43+/m0/s1. The fourth-order valence-corrected chi connectivity index (χ4v) is 9.39. The number of carbonyl (C=O) groups is 3. The predicted molar refractivity (Wildman–Crippen MR) is 265 cm³/mol. The first-order chi connectivity index (χ1) is 37.2. The lowest BCUT2D eigenvalue weighted by atomic mass is 9.83. The van der Waals surface area contributed by atoms with Crippen LogP contribution in [0.5, 0.6) is 0 Å². The summed E-state index contributed by atoms with van der Waals surface area (Å²) in [6.07, 6.45) is -5.00. The summed E-state index contributed by atoms with van der Waals surface area (Å²) in [4.78, 5) is 52.7. The van der Waals surface area contributed by atoms with Gasteiger partial charge >= 0.3 is 31.1 Å². The van der Waals surface area contributed by atoms with Gasteiger partial charge in [0.05, 0.1) is 61.6 Å². The average Bonchev–Trinajstić information content (AvgIpc) is 4.12. The number of aromatic nitrogens is 4. The van der Waals surface area contributed by atoms with Crippen LogP contribution in [0.3, 0.4) is 0 Å². The van der Waals surface area contributed by atoms with E-state index in [2.05, 4.69) is 62.2 Å². The van der Waals surface area contributed by atoms with Gasteiger partial charge in [-0.2, -0.15) is 40.2 Å². The zero-order chi connectivity index (χ0) is 57.6. The van der Waals surface area contributed by atoms with Gasteiger partial charge in [0.15, 0.2) is 0 Å². The number of carbonyl (C=O) groups excluding carboxylic acids is 3. The lowest BCUT2D eigenvalue weighted by molar-refractivity contribution is -0.221. The number of hydrogen-bond donors (Lipinski definition) is 4. The Labute approximate surface area is 449 Å². The SMILES string of the molecule is COC(=O)N[C@H](C(=O)NN(C[CH][C@@H](Cc1ccc(C#Cc2cnc(N3CC4CCC(C3)N4C3COC3)nc2)cc1)NC[C@@H](NC(=O)OC)C(C)(C)C(F)(F)F)Cc1c(F)cc(-c2ccn(C(F)F)n2)cc1F)C(C)(C)C(F)(F)F. The molecule has 3 saturated heterocycles. The van der Waals surface area contributed by atoms with Crippen LogP contribution in [0.2, 0.25) is 0 Å². The summed E-state index contributed by atoms with van der Waals surface area (Å²) in [5, 5.41) is 11.4. The fourth-order valence-electron chi connectivity index (χ4n) is 9.39. The van der Waals surface area contributed by atoms with Gasteiger partial charge in [0.25, 0.3) is 5.91 Å². The average molecular weight is 1130 g/mol. The summed E-state index contributed by atoms with van der Waals surface area (Å²) in [5.41, 5.74) is -3.06. The second-order valence-electron chi connectivity index (χ2n) is 20.5. The number of nitrogens with one attached hydrogen (secondary N) is 4. The highest BCUT2D eigenvalue weighted by molar-refractivity contribution is 5.86. The maximum absolute atomic E-state index is 16.0. The van der Waals surface area contributed by atoms with Crippen LogP contribution in [0.25, 0.3) is 11.3 Å². The van der Waals surface area contributed by atoms with Crippen molar-refractivity contribution in [3.63, 3.8) is 0 Å². The van der Waals surface area contributed by atoms with Crippen molar-refractivity contribution < 1.29 is 72.5 Å². The highest BCUT2D eigenvalue weighted by atomic mass is 19.4. The third-order valence-electron chi connectivity index (χ3n) is 14.6. The summed E-state index contributed by atoms with van der Waals surface area (Å²) >= 11 is 0. The number of amides is 3. The molecule has 3 aliphatic rings. The van der Waals surface area contributed by atoms with Crippen molar-refractivity contribution in [1.82, 2.24) is 51.0 Å². The van der Waals surface area contributed by atoms with Crippen molar-refractivity contribution in [1.29, 1.82) is 0 Å². The Morgan fingerprint density at radius 2 is 1.41 bits per heavy atom. The van der Waals surface area contributed by atoms with Crippen LogP contribution < -0.4 is 26.3 Å². The quantitative estimate of drug-likeness (QED) is 0.0393. The molecule has 0 saturated carbocycles. The molecule has 17 nitrogen and oxygen atoms in total. The summed E-state index contributed by atoms with van der Waals surface area (Å²) in [7, 11) is 1.79. The van der Waals surface area contributed by atoms with E-state index in [1.807, 2.05) is 5.32 Å². The molecule has 3 amide bonds. The molecule has 7 rings (SSSR count). The van der Waals surface area contributed by atoms with Gasteiger partial charge in [0, 0.05) is 86.1 Å². The predicted octanol–water partition coefficient (Wildman–Crippen LogP) is 7.33. The minimum atomic E-state index is -5.14. The smallest absolute Gasteiger partial charge is 0.407 e. The van der Waals surface area contributed by atoms with Crippen LogP contribution in [0.1, 0.15) is 69.3 Å². The number of alkyl halides is 8. The zero-order valence-electron chi connectivity index (χ0n) is 43.8. The van der Waals surface area contributed by atoms with Crippen molar-refractivity contribution in [3.05, 3.63) is 101 Å². The van der Waals surface area contributed by atoms with E-state index in [4.69, 9.17) is 4.74 Å². The number of halogens is 10. The Bertz CT molecular complexity index is 2780. The van der Waals surface area contributed by atoms with Crippen LogP contribution in [-0.2, 0) is 32.0 Å². The van der Waals surface area contributed by atoms with Gasteiger partial charge in [0.1, 0.15) is 17.7 Å². The van der Waals surface area contributed by atoms with Crippen molar-refractivity contribution in [3.8, 4) is 23.1 Å². The van der Waals surface area contributed by atoms with E-state index in [9.17, 15) is 49.5 Å². The number of alkyl carbamates (subject to hydrolysis) is 2. The number of fused-ring (bicyclic) bond motifs is 2. The van der Waals surface area contributed by atoms with Crippen molar-refractivity contribution in [2.75, 3.05) is 58.5 Å². The van der Waals surface area contributed by atoms with Gasteiger partial charge in [-0.05, 0) is 89.3 Å². The number of benzene rings is 2. The van der Waals surface area contributed by atoms with E-state index in [0.29, 0.717) is 54.6 Å². The number of ether oxygens (including phenoxy) is 3. The Kier molecular flexibility index (Phi) is 18.7. The third kappa shape index (κ3) is 14.4. The van der Waals surface area contributed by atoms with Gasteiger partial charge < -0.3 is 35.1 Å². The molecule has 2 aromatic carbocycles. The van der Waals surface area contributed by atoms with E-state index in [1.54, 1.807) is 36.7 Å². The lowest BCUT2D eigenvalue weighted by Gasteiger charge is -2.47. The molecular formula is C52H60F10N11O6. The number of hydrazine groups is 1. The molecule has 0 spiro atoms. The second-order valence-corrected chi connectivity index (χ2v) is 20.5. The Balaban J connectivity index is 1.14. The number of rotatable bonds is 20. The highest BCUT2D eigenvalue weighted by Crippen LogP contribution is 2.42. The van der Waals surface area contributed by atoms with E-state index < -0.39 is 103 Å². The molecule has 3 fully saturated rings. The molecule has 5 heterocycles. The van der Waals surface area contributed by atoms with E-state index in [1.165, 1.54) is 6.42 Å². The number of piperazine rings is 1. The number of hydrogen-bond acceptors (Lipinski definition) is 13. The van der Waals surface area contributed by atoms with Gasteiger partial charge in [-0.25, -0.2) is 38.0 Å². The Morgan fingerprint density at radius 3 is 1.94 bits per heavy atom. The van der Waals surface area contributed by atoms with E-state index >= 15 is 8.78 Å². The Hall–Kier alpha value is -6.76. The highest BCUT2D eigenvalue weighted by Gasteiger charge is 2.56. The van der Waals surface area contributed by atoms with Crippen molar-refractivity contribution >= 4 is 24.0 Å². The maximum atomic E-state index is 16.0. The molecule has 429 valence electrons. The van der Waals surface area contributed by atoms with Crippen LogP contribution in [0.15, 0.2) is 61.1 Å². The molecule has 0 aliphatic carbocycles. The third-order valence-corrected chi connectivity index (χ3v) is 14.6. The minimum Gasteiger partial charge on any atom is -0.453 e. The van der Waals surface area contributed by atoms with Gasteiger partial charge in [-0.15, -0.1) is 0 Å². The first-order valence-electron chi connectivity index (χ1n) is 25.0. The molecule has 4 N–H and O–H groups in total. The molecule has 3 aliphatic heterocycles. The topological polar surface area (TPSA) is 180 Å². The maximum Gasteiger partial charge on any atom is 0.407 e. The number of anilines is 1. The van der Waals surface area contributed by atoms with Crippen LogP contribution >= 0.6 is 0 Å². The molecule has 4 aromatic rings. The summed E-state index contributed by atoms with van der Waals surface area (Å²) in [6, 6.07) is 5.33. The first kappa shape index (κ1) is 59.9. The molecule has 2 unspecified atom stereocenters. The molecule has 79 heavy (non-hydrogen) atoms. The molecule has 5 atom stereocenters. The van der Waals surface area contributed by atoms with Gasteiger partial charge in [-0.3, -0.25) is 15.1 Å². The number of nitrogens with zero attached hydrogens (tertiary/aromatic N) is 7. The lowest BCUT2D eigenvalue weighted by Crippen LogP contribution is -2.62. The monoisotopic (exact) mass is 1120 g/mol. The molecule has 27 heteroatoms. The fraction of sp³-hybridized carbons (Fsp3) is 0.519. The van der Waals surface area contributed by atoms with Crippen LogP contribution in [0.4, 0.5) is 59.4 Å². The van der Waals surface area contributed by atoms with E-state index in [-0.39, 0.29) is 22.4 Å². The normalized spacial score (nSPS) is 18.3. The molecule has 1 radical (unpaired) electrons. The summed E-state index contributed by atoms with van der Waals surface area (Å²) in [6.45, 7) is 0.813.